The number of hydrogen-bond acceptors (Lipinski definition) is 2. The van der Waals surface area contributed by atoms with Crippen LogP contribution in [-0.2, 0) is 5.41 Å². The van der Waals surface area contributed by atoms with Crippen LogP contribution >= 0.6 is 0 Å². The predicted octanol–water partition coefficient (Wildman–Crippen LogP) is 10.6. The van der Waals surface area contributed by atoms with Crippen LogP contribution in [0.3, 0.4) is 0 Å². The molecule has 0 spiro atoms. The fraction of sp³-hybridized carbons (Fsp3) is 0.0732. The van der Waals surface area contributed by atoms with Gasteiger partial charge in [-0.1, -0.05) is 153 Å². The van der Waals surface area contributed by atoms with Crippen molar-refractivity contribution in [2.45, 2.75) is 19.3 Å². The summed E-state index contributed by atoms with van der Waals surface area (Å²) >= 11 is 0. The van der Waals surface area contributed by atoms with Crippen LogP contribution in [0.2, 0.25) is 0 Å². The van der Waals surface area contributed by atoms with E-state index in [1.165, 1.54) is 22.3 Å². The van der Waals surface area contributed by atoms with E-state index in [0.717, 1.165) is 55.8 Å². The standard InChI is InChI=1S/C41H30N2/c1-41(2)35-21-13-12-20-33(35)34-23-22-30(26-36(34)41)38-37(29-18-10-5-11-19-29)42-39-31(27-14-6-3-7-15-27)24-25-32(40(39)43-38)28-16-8-4-9-17-28/h3-26H,1-2H3. The first-order chi connectivity index (χ1) is 21.1. The second-order valence-electron chi connectivity index (χ2n) is 11.8. The fourth-order valence-corrected chi connectivity index (χ4v) is 6.69. The quantitative estimate of drug-likeness (QED) is 0.218. The zero-order valence-corrected chi connectivity index (χ0v) is 24.3. The number of benzene rings is 6. The highest BCUT2D eigenvalue weighted by Crippen LogP contribution is 2.50. The van der Waals surface area contributed by atoms with E-state index in [1.807, 2.05) is 0 Å². The van der Waals surface area contributed by atoms with Crippen LogP contribution in [0.15, 0.2) is 146 Å². The van der Waals surface area contributed by atoms with Gasteiger partial charge in [-0.15, -0.1) is 0 Å². The van der Waals surface area contributed by atoms with E-state index in [0.29, 0.717) is 0 Å². The maximum absolute atomic E-state index is 5.54. The van der Waals surface area contributed by atoms with Crippen LogP contribution in [0.4, 0.5) is 0 Å². The van der Waals surface area contributed by atoms with Gasteiger partial charge in [0.15, 0.2) is 0 Å². The maximum Gasteiger partial charge on any atom is 0.0979 e. The summed E-state index contributed by atoms with van der Waals surface area (Å²) in [6.07, 6.45) is 0. The first-order valence-electron chi connectivity index (χ1n) is 14.9. The van der Waals surface area contributed by atoms with Crippen LogP contribution in [-0.4, -0.2) is 9.97 Å². The highest BCUT2D eigenvalue weighted by Gasteiger charge is 2.35. The largest absolute Gasteiger partial charge is 0.243 e. The lowest BCUT2D eigenvalue weighted by molar-refractivity contribution is 0.660. The monoisotopic (exact) mass is 550 g/mol. The van der Waals surface area contributed by atoms with Gasteiger partial charge in [0.1, 0.15) is 0 Å². The third-order valence-corrected chi connectivity index (χ3v) is 8.90. The topological polar surface area (TPSA) is 25.8 Å². The van der Waals surface area contributed by atoms with Crippen molar-refractivity contribution < 1.29 is 0 Å². The number of hydrogen-bond donors (Lipinski definition) is 0. The van der Waals surface area contributed by atoms with Gasteiger partial charge in [-0.05, 0) is 39.4 Å². The summed E-state index contributed by atoms with van der Waals surface area (Å²) in [5.74, 6) is 0. The molecule has 8 rings (SSSR count). The normalized spacial score (nSPS) is 13.1. The van der Waals surface area contributed by atoms with Gasteiger partial charge in [0.25, 0.3) is 0 Å². The Morgan fingerprint density at radius 1 is 0.372 bits per heavy atom. The second kappa shape index (κ2) is 9.89. The van der Waals surface area contributed by atoms with Crippen molar-refractivity contribution in [3.8, 4) is 55.9 Å². The average Bonchev–Trinajstić information content (AvgIpc) is 3.30. The smallest absolute Gasteiger partial charge is 0.0979 e. The highest BCUT2D eigenvalue weighted by atomic mass is 14.8. The van der Waals surface area contributed by atoms with Crippen molar-refractivity contribution in [2.24, 2.45) is 0 Å². The average molecular weight is 551 g/mol. The third kappa shape index (κ3) is 4.10. The number of fused-ring (bicyclic) bond motifs is 4. The number of rotatable bonds is 4. The minimum absolute atomic E-state index is 0.102. The van der Waals surface area contributed by atoms with Gasteiger partial charge in [0.2, 0.25) is 0 Å². The summed E-state index contributed by atoms with van der Waals surface area (Å²) in [4.78, 5) is 11.0. The molecule has 0 saturated heterocycles. The van der Waals surface area contributed by atoms with E-state index in [9.17, 15) is 0 Å². The number of aromatic nitrogens is 2. The third-order valence-electron chi connectivity index (χ3n) is 8.90. The summed E-state index contributed by atoms with van der Waals surface area (Å²) < 4.78 is 0. The molecule has 1 heterocycles. The zero-order chi connectivity index (χ0) is 29.0. The Balaban J connectivity index is 1.44. The molecule has 0 saturated carbocycles. The minimum Gasteiger partial charge on any atom is -0.243 e. The van der Waals surface area contributed by atoms with E-state index in [1.54, 1.807) is 0 Å². The second-order valence-corrected chi connectivity index (χ2v) is 11.8. The van der Waals surface area contributed by atoms with Gasteiger partial charge >= 0.3 is 0 Å². The molecule has 1 aromatic heterocycles. The van der Waals surface area contributed by atoms with E-state index >= 15 is 0 Å². The molecular weight excluding hydrogens is 520 g/mol. The molecule has 2 nitrogen and oxygen atoms in total. The fourth-order valence-electron chi connectivity index (χ4n) is 6.69. The van der Waals surface area contributed by atoms with Crippen molar-refractivity contribution in [1.29, 1.82) is 0 Å². The molecule has 0 N–H and O–H groups in total. The summed E-state index contributed by atoms with van der Waals surface area (Å²) in [6, 6.07) is 51.5. The van der Waals surface area contributed by atoms with Crippen molar-refractivity contribution >= 4 is 11.0 Å². The van der Waals surface area contributed by atoms with Crippen molar-refractivity contribution in [1.82, 2.24) is 9.97 Å². The van der Waals surface area contributed by atoms with Gasteiger partial charge < -0.3 is 0 Å². The van der Waals surface area contributed by atoms with Gasteiger partial charge in [-0.2, -0.15) is 0 Å². The Kier molecular flexibility index (Phi) is 5.84. The first kappa shape index (κ1) is 25.4. The lowest BCUT2D eigenvalue weighted by atomic mass is 9.81. The molecule has 0 radical (unpaired) electrons. The van der Waals surface area contributed by atoms with Crippen LogP contribution in [0, 0.1) is 0 Å². The maximum atomic E-state index is 5.54. The first-order valence-corrected chi connectivity index (χ1v) is 14.9. The van der Waals surface area contributed by atoms with E-state index in [4.69, 9.17) is 9.97 Å². The van der Waals surface area contributed by atoms with Crippen LogP contribution in [0.5, 0.6) is 0 Å². The molecule has 1 aliphatic carbocycles. The highest BCUT2D eigenvalue weighted by molar-refractivity contribution is 6.03. The molecule has 0 amide bonds. The predicted molar refractivity (Wildman–Crippen MR) is 179 cm³/mol. The Hall–Kier alpha value is -5.34. The summed E-state index contributed by atoms with van der Waals surface area (Å²) in [5, 5.41) is 0. The molecule has 0 aliphatic heterocycles. The molecule has 6 aromatic carbocycles. The van der Waals surface area contributed by atoms with Crippen LogP contribution in [0.25, 0.3) is 66.9 Å². The zero-order valence-electron chi connectivity index (χ0n) is 24.3. The molecule has 1 aliphatic rings. The summed E-state index contributed by atoms with van der Waals surface area (Å²) in [5.41, 5.74) is 15.4. The molecule has 7 aromatic rings. The van der Waals surface area contributed by atoms with Crippen molar-refractivity contribution in [3.05, 3.63) is 157 Å². The van der Waals surface area contributed by atoms with Gasteiger partial charge in [0, 0.05) is 27.7 Å². The number of nitrogens with zero attached hydrogens (tertiary/aromatic N) is 2. The summed E-state index contributed by atoms with van der Waals surface area (Å²) in [6.45, 7) is 4.65. The lowest BCUT2D eigenvalue weighted by Crippen LogP contribution is -2.15. The van der Waals surface area contributed by atoms with Crippen LogP contribution < -0.4 is 0 Å². The Bertz CT molecular complexity index is 2130. The Morgan fingerprint density at radius 3 is 1.40 bits per heavy atom. The molecule has 43 heavy (non-hydrogen) atoms. The SMILES string of the molecule is CC1(C)c2ccccc2-c2ccc(-c3nc4c(-c5ccccc5)ccc(-c5ccccc5)c4nc3-c3ccccc3)cc21. The minimum atomic E-state index is -0.102. The van der Waals surface area contributed by atoms with E-state index < -0.39 is 0 Å². The van der Waals surface area contributed by atoms with E-state index in [-0.39, 0.29) is 5.41 Å². The van der Waals surface area contributed by atoms with Crippen LogP contribution in [0.1, 0.15) is 25.0 Å². The molecule has 0 bridgehead atoms. The van der Waals surface area contributed by atoms with Gasteiger partial charge in [0.05, 0.1) is 22.4 Å². The Labute approximate surface area is 252 Å². The van der Waals surface area contributed by atoms with Gasteiger partial charge in [-0.25, -0.2) is 9.97 Å². The van der Waals surface area contributed by atoms with Crippen molar-refractivity contribution in [3.63, 3.8) is 0 Å². The lowest BCUT2D eigenvalue weighted by Gasteiger charge is -2.22. The van der Waals surface area contributed by atoms with Gasteiger partial charge in [-0.3, -0.25) is 0 Å². The molecule has 0 atom stereocenters. The molecule has 204 valence electrons. The summed E-state index contributed by atoms with van der Waals surface area (Å²) in [7, 11) is 0. The molecule has 0 fully saturated rings. The van der Waals surface area contributed by atoms with E-state index in [2.05, 4.69) is 159 Å². The molecule has 2 heteroatoms. The molecular formula is C41H30N2. The molecule has 0 unspecified atom stereocenters. The van der Waals surface area contributed by atoms with Crippen molar-refractivity contribution in [2.75, 3.05) is 0 Å². The Morgan fingerprint density at radius 2 is 0.814 bits per heavy atom.